The first-order valence-electron chi connectivity index (χ1n) is 5.64. The molecule has 1 atom stereocenters. The van der Waals surface area contributed by atoms with Crippen LogP contribution in [0.15, 0.2) is 18.2 Å². The lowest BCUT2D eigenvalue weighted by atomic mass is 10.2. The first-order chi connectivity index (χ1) is 7.70. The van der Waals surface area contributed by atoms with Gasteiger partial charge in [0.15, 0.2) is 0 Å². The maximum Gasteiger partial charge on any atom is 0.0612 e. The van der Waals surface area contributed by atoms with Crippen LogP contribution in [0.5, 0.6) is 0 Å². The first kappa shape index (κ1) is 12.0. The zero-order chi connectivity index (χ0) is 11.5. The van der Waals surface area contributed by atoms with Gasteiger partial charge in [-0.2, -0.15) is 0 Å². The molecule has 1 fully saturated rings. The Labute approximate surface area is 107 Å². The van der Waals surface area contributed by atoms with Crippen LogP contribution in [0.3, 0.4) is 0 Å². The fourth-order valence-corrected chi connectivity index (χ4v) is 2.42. The van der Waals surface area contributed by atoms with Gasteiger partial charge in [-0.3, -0.25) is 0 Å². The molecule has 1 aromatic carbocycles. The molecule has 1 heterocycles. The molecule has 1 unspecified atom stereocenters. The summed E-state index contributed by atoms with van der Waals surface area (Å²) < 4.78 is 0. The molecule has 2 rings (SSSR count). The summed E-state index contributed by atoms with van der Waals surface area (Å²) >= 11 is 11.9. The number of hydrogen-bond acceptors (Lipinski definition) is 2. The highest BCUT2D eigenvalue weighted by Crippen LogP contribution is 2.28. The van der Waals surface area contributed by atoms with Crippen molar-refractivity contribution in [3.05, 3.63) is 28.2 Å². The highest BCUT2D eigenvalue weighted by Gasteiger charge is 2.21. The zero-order valence-electron chi connectivity index (χ0n) is 9.34. The highest BCUT2D eigenvalue weighted by atomic mass is 35.5. The minimum Gasteiger partial charge on any atom is -0.370 e. The standard InChI is InChI=1S/C12H16Cl2N2/c1-2-15-9-5-6-16(8-9)10-3-4-11(13)12(14)7-10/h3-4,7,9,15H,2,5-6,8H2,1H3. The second-order valence-corrected chi connectivity index (χ2v) is 4.90. The van der Waals surface area contributed by atoms with E-state index in [1.54, 1.807) is 0 Å². The van der Waals surface area contributed by atoms with Crippen LogP contribution < -0.4 is 10.2 Å². The van der Waals surface area contributed by atoms with Crippen molar-refractivity contribution in [1.82, 2.24) is 5.32 Å². The SMILES string of the molecule is CCNC1CCN(c2ccc(Cl)c(Cl)c2)C1. The largest absolute Gasteiger partial charge is 0.370 e. The number of hydrogen-bond donors (Lipinski definition) is 1. The summed E-state index contributed by atoms with van der Waals surface area (Å²) in [4.78, 5) is 2.34. The van der Waals surface area contributed by atoms with E-state index in [2.05, 4.69) is 17.1 Å². The van der Waals surface area contributed by atoms with Crippen LogP contribution in [-0.2, 0) is 0 Å². The molecule has 0 aromatic heterocycles. The van der Waals surface area contributed by atoms with E-state index >= 15 is 0 Å². The molecule has 1 saturated heterocycles. The molecule has 0 bridgehead atoms. The molecular weight excluding hydrogens is 243 g/mol. The fraction of sp³-hybridized carbons (Fsp3) is 0.500. The number of rotatable bonds is 3. The lowest BCUT2D eigenvalue weighted by Gasteiger charge is -2.19. The van der Waals surface area contributed by atoms with Crippen LogP contribution in [0.25, 0.3) is 0 Å². The van der Waals surface area contributed by atoms with Crippen molar-refractivity contribution in [2.45, 2.75) is 19.4 Å². The van der Waals surface area contributed by atoms with Crippen molar-refractivity contribution in [3.8, 4) is 0 Å². The van der Waals surface area contributed by atoms with Crippen LogP contribution in [0.4, 0.5) is 5.69 Å². The summed E-state index contributed by atoms with van der Waals surface area (Å²) in [5.41, 5.74) is 1.16. The van der Waals surface area contributed by atoms with Gasteiger partial charge in [0.25, 0.3) is 0 Å². The number of nitrogens with zero attached hydrogens (tertiary/aromatic N) is 1. The minimum atomic E-state index is 0.597. The van der Waals surface area contributed by atoms with Gasteiger partial charge >= 0.3 is 0 Å². The summed E-state index contributed by atoms with van der Waals surface area (Å²) in [5, 5.41) is 4.72. The number of benzene rings is 1. The van der Waals surface area contributed by atoms with E-state index in [0.29, 0.717) is 16.1 Å². The Morgan fingerprint density at radius 3 is 2.88 bits per heavy atom. The summed E-state index contributed by atoms with van der Waals surface area (Å²) in [7, 11) is 0. The average molecular weight is 259 g/mol. The summed E-state index contributed by atoms with van der Waals surface area (Å²) in [5.74, 6) is 0. The topological polar surface area (TPSA) is 15.3 Å². The Kier molecular flexibility index (Phi) is 3.95. The molecule has 2 nitrogen and oxygen atoms in total. The second kappa shape index (κ2) is 5.26. The maximum absolute atomic E-state index is 6.02. The predicted octanol–water partition coefficient (Wildman–Crippen LogP) is 3.18. The summed E-state index contributed by atoms with van der Waals surface area (Å²) in [6.45, 7) is 5.29. The molecular formula is C12H16Cl2N2. The molecule has 0 radical (unpaired) electrons. The van der Waals surface area contributed by atoms with Gasteiger partial charge in [-0.15, -0.1) is 0 Å². The molecule has 88 valence electrons. The number of likely N-dealkylation sites (N-methyl/N-ethyl adjacent to an activating group) is 1. The van der Waals surface area contributed by atoms with Crippen molar-refractivity contribution < 1.29 is 0 Å². The van der Waals surface area contributed by atoms with E-state index in [-0.39, 0.29) is 0 Å². The molecule has 16 heavy (non-hydrogen) atoms. The molecule has 0 aliphatic carbocycles. The first-order valence-corrected chi connectivity index (χ1v) is 6.39. The van der Waals surface area contributed by atoms with E-state index in [1.165, 1.54) is 6.42 Å². The monoisotopic (exact) mass is 258 g/mol. The van der Waals surface area contributed by atoms with E-state index in [4.69, 9.17) is 23.2 Å². The van der Waals surface area contributed by atoms with E-state index in [0.717, 1.165) is 25.3 Å². The van der Waals surface area contributed by atoms with Crippen LogP contribution >= 0.6 is 23.2 Å². The predicted molar refractivity (Wildman–Crippen MR) is 70.8 cm³/mol. The molecule has 1 aliphatic rings. The van der Waals surface area contributed by atoms with Crippen molar-refractivity contribution in [2.75, 3.05) is 24.5 Å². The maximum atomic E-state index is 6.02. The average Bonchev–Trinajstić information content (AvgIpc) is 2.71. The molecule has 4 heteroatoms. The van der Waals surface area contributed by atoms with Crippen molar-refractivity contribution in [3.63, 3.8) is 0 Å². The Bertz CT molecular complexity index is 368. The van der Waals surface area contributed by atoms with Crippen LogP contribution in [0.1, 0.15) is 13.3 Å². The number of halogens is 2. The molecule has 0 amide bonds. The van der Waals surface area contributed by atoms with E-state index < -0.39 is 0 Å². The second-order valence-electron chi connectivity index (χ2n) is 4.09. The smallest absolute Gasteiger partial charge is 0.0612 e. The van der Waals surface area contributed by atoms with E-state index in [1.807, 2.05) is 18.2 Å². The van der Waals surface area contributed by atoms with Gasteiger partial charge in [-0.05, 0) is 31.2 Å². The van der Waals surface area contributed by atoms with Gasteiger partial charge in [0.05, 0.1) is 10.0 Å². The molecule has 1 N–H and O–H groups in total. The highest BCUT2D eigenvalue weighted by molar-refractivity contribution is 6.42. The van der Waals surface area contributed by atoms with Gasteiger partial charge in [0, 0.05) is 24.8 Å². The Morgan fingerprint density at radius 1 is 1.38 bits per heavy atom. The van der Waals surface area contributed by atoms with Gasteiger partial charge in [-0.25, -0.2) is 0 Å². The third kappa shape index (κ3) is 2.62. The normalized spacial score (nSPS) is 20.4. The van der Waals surface area contributed by atoms with Crippen LogP contribution in [-0.4, -0.2) is 25.7 Å². The quantitative estimate of drug-likeness (QED) is 0.896. The lowest BCUT2D eigenvalue weighted by Crippen LogP contribution is -2.32. The van der Waals surface area contributed by atoms with Gasteiger partial charge in [-0.1, -0.05) is 30.1 Å². The van der Waals surface area contributed by atoms with Crippen LogP contribution in [0.2, 0.25) is 10.0 Å². The Morgan fingerprint density at radius 2 is 2.19 bits per heavy atom. The zero-order valence-corrected chi connectivity index (χ0v) is 10.9. The summed E-state index contributed by atoms with van der Waals surface area (Å²) in [6, 6.07) is 6.43. The van der Waals surface area contributed by atoms with Crippen molar-refractivity contribution >= 4 is 28.9 Å². The lowest BCUT2D eigenvalue weighted by molar-refractivity contribution is 0.572. The van der Waals surface area contributed by atoms with Gasteiger partial charge < -0.3 is 10.2 Å². The van der Waals surface area contributed by atoms with Crippen molar-refractivity contribution in [1.29, 1.82) is 0 Å². The molecule has 0 spiro atoms. The molecule has 1 aliphatic heterocycles. The fourth-order valence-electron chi connectivity index (χ4n) is 2.13. The summed E-state index contributed by atoms with van der Waals surface area (Å²) in [6.07, 6.45) is 1.19. The van der Waals surface area contributed by atoms with Crippen molar-refractivity contribution in [2.24, 2.45) is 0 Å². The third-order valence-electron chi connectivity index (χ3n) is 2.95. The Balaban J connectivity index is 2.05. The molecule has 0 saturated carbocycles. The Hall–Kier alpha value is -0.440. The van der Waals surface area contributed by atoms with Gasteiger partial charge in [0.1, 0.15) is 0 Å². The van der Waals surface area contributed by atoms with Crippen LogP contribution in [0, 0.1) is 0 Å². The third-order valence-corrected chi connectivity index (χ3v) is 3.69. The number of anilines is 1. The number of nitrogens with one attached hydrogen (secondary N) is 1. The van der Waals surface area contributed by atoms with E-state index in [9.17, 15) is 0 Å². The van der Waals surface area contributed by atoms with Gasteiger partial charge in [0.2, 0.25) is 0 Å². The molecule has 1 aromatic rings. The minimum absolute atomic E-state index is 0.597.